The normalized spacial score (nSPS) is 11.0. The smallest absolute Gasteiger partial charge is 0.292 e. The molecule has 1 amide bonds. The molecule has 1 aromatic rings. The lowest BCUT2D eigenvalue weighted by molar-refractivity contribution is -0.384. The first-order valence-electron chi connectivity index (χ1n) is 6.34. The highest BCUT2D eigenvalue weighted by Gasteiger charge is 2.18. The Hall–Kier alpha value is -2.15. The van der Waals surface area contributed by atoms with E-state index in [0.717, 1.165) is 0 Å². The van der Waals surface area contributed by atoms with E-state index in [1.807, 2.05) is 0 Å². The number of hydrogen-bond donors (Lipinski definition) is 3. The maximum Gasteiger partial charge on any atom is 0.292 e. The predicted octanol–water partition coefficient (Wildman–Crippen LogP) is 1.49. The third kappa shape index (κ3) is 4.51. The Bertz CT molecular complexity index is 509. The molecular weight excluding hydrogens is 260 g/mol. The van der Waals surface area contributed by atoms with E-state index in [0.29, 0.717) is 18.7 Å². The highest BCUT2D eigenvalue weighted by atomic mass is 16.6. The van der Waals surface area contributed by atoms with Gasteiger partial charge in [0.05, 0.1) is 4.92 Å². The molecule has 1 aromatic carbocycles. The lowest BCUT2D eigenvalue weighted by Crippen LogP contribution is -2.39. The Morgan fingerprint density at radius 3 is 2.60 bits per heavy atom. The number of carbonyl (C=O) groups is 1. The second-order valence-corrected chi connectivity index (χ2v) is 5.19. The van der Waals surface area contributed by atoms with Crippen LogP contribution >= 0.6 is 0 Å². The average Bonchev–Trinajstić information content (AvgIpc) is 2.35. The topological polar surface area (TPSA) is 110 Å². The Labute approximate surface area is 117 Å². The van der Waals surface area contributed by atoms with Crippen molar-refractivity contribution in [2.75, 3.05) is 18.4 Å². The molecule has 4 N–H and O–H groups in total. The van der Waals surface area contributed by atoms with Gasteiger partial charge in [-0.15, -0.1) is 0 Å². The van der Waals surface area contributed by atoms with Gasteiger partial charge in [-0.25, -0.2) is 0 Å². The summed E-state index contributed by atoms with van der Waals surface area (Å²) < 4.78 is 0. The average molecular weight is 280 g/mol. The number of nitrogens with zero attached hydrogens (tertiary/aromatic N) is 1. The molecule has 0 aromatic heterocycles. The number of carbonyl (C=O) groups excluding carboxylic acids is 1. The van der Waals surface area contributed by atoms with Crippen LogP contribution in [0.25, 0.3) is 0 Å². The molecule has 0 spiro atoms. The van der Waals surface area contributed by atoms with E-state index < -0.39 is 10.5 Å². The summed E-state index contributed by atoms with van der Waals surface area (Å²) >= 11 is 0. The number of nitro groups is 1. The standard InChI is InChI=1S/C13H20N4O3/c1-4-15-12(18)9-5-6-11(17(19)20)10(7-9)16-8-13(2,3)14/h5-7,16H,4,8,14H2,1-3H3,(H,15,18). The Kier molecular flexibility index (Phi) is 5.04. The van der Waals surface area contributed by atoms with E-state index in [2.05, 4.69) is 10.6 Å². The van der Waals surface area contributed by atoms with Crippen molar-refractivity contribution in [1.82, 2.24) is 5.32 Å². The molecule has 0 saturated carbocycles. The lowest BCUT2D eigenvalue weighted by Gasteiger charge is -2.20. The molecule has 110 valence electrons. The van der Waals surface area contributed by atoms with Crippen molar-refractivity contribution in [3.8, 4) is 0 Å². The maximum atomic E-state index is 11.7. The molecule has 7 nitrogen and oxygen atoms in total. The minimum absolute atomic E-state index is 0.0812. The molecule has 20 heavy (non-hydrogen) atoms. The van der Waals surface area contributed by atoms with Crippen LogP contribution in [0.5, 0.6) is 0 Å². The Morgan fingerprint density at radius 1 is 1.45 bits per heavy atom. The van der Waals surface area contributed by atoms with Crippen LogP contribution in [0.15, 0.2) is 18.2 Å². The highest BCUT2D eigenvalue weighted by Crippen LogP contribution is 2.25. The molecule has 0 aliphatic rings. The maximum absolute atomic E-state index is 11.7. The van der Waals surface area contributed by atoms with Crippen molar-refractivity contribution in [1.29, 1.82) is 0 Å². The summed E-state index contributed by atoms with van der Waals surface area (Å²) in [6, 6.07) is 4.22. The third-order valence-electron chi connectivity index (χ3n) is 2.53. The van der Waals surface area contributed by atoms with Gasteiger partial charge < -0.3 is 16.4 Å². The number of amides is 1. The first-order chi connectivity index (χ1) is 9.24. The first kappa shape index (κ1) is 15.9. The summed E-state index contributed by atoms with van der Waals surface area (Å²) in [5.74, 6) is -0.266. The number of nitrogens with two attached hydrogens (primary N) is 1. The van der Waals surface area contributed by atoms with Crippen molar-refractivity contribution < 1.29 is 9.72 Å². The molecule has 0 radical (unpaired) electrons. The summed E-state index contributed by atoms with van der Waals surface area (Å²) in [6.07, 6.45) is 0. The second-order valence-electron chi connectivity index (χ2n) is 5.19. The molecule has 0 bridgehead atoms. The number of anilines is 1. The summed E-state index contributed by atoms with van der Waals surface area (Å²) in [6.45, 7) is 6.26. The largest absolute Gasteiger partial charge is 0.378 e. The Morgan fingerprint density at radius 2 is 2.10 bits per heavy atom. The van der Waals surface area contributed by atoms with E-state index in [1.54, 1.807) is 20.8 Å². The van der Waals surface area contributed by atoms with Gasteiger partial charge in [-0.3, -0.25) is 14.9 Å². The molecule has 0 aliphatic carbocycles. The van der Waals surface area contributed by atoms with Gasteiger partial charge in [-0.1, -0.05) is 0 Å². The van der Waals surface area contributed by atoms with E-state index in [9.17, 15) is 14.9 Å². The van der Waals surface area contributed by atoms with Gasteiger partial charge in [-0.05, 0) is 32.9 Å². The van der Waals surface area contributed by atoms with Crippen molar-refractivity contribution in [3.63, 3.8) is 0 Å². The fraction of sp³-hybridized carbons (Fsp3) is 0.462. The van der Waals surface area contributed by atoms with Crippen LogP contribution in [-0.4, -0.2) is 29.5 Å². The van der Waals surface area contributed by atoms with Crippen LogP contribution in [-0.2, 0) is 0 Å². The molecular formula is C13H20N4O3. The molecule has 0 unspecified atom stereocenters. The first-order valence-corrected chi connectivity index (χ1v) is 6.34. The zero-order chi connectivity index (χ0) is 15.3. The number of rotatable bonds is 6. The number of benzene rings is 1. The van der Waals surface area contributed by atoms with Gasteiger partial charge in [-0.2, -0.15) is 0 Å². The molecule has 0 saturated heterocycles. The van der Waals surface area contributed by atoms with E-state index in [-0.39, 0.29) is 17.3 Å². The zero-order valence-corrected chi connectivity index (χ0v) is 11.9. The third-order valence-corrected chi connectivity index (χ3v) is 2.53. The molecule has 7 heteroatoms. The molecule has 0 fully saturated rings. The summed E-state index contributed by atoms with van der Waals surface area (Å²) in [5, 5.41) is 16.6. The monoisotopic (exact) mass is 280 g/mol. The summed E-state index contributed by atoms with van der Waals surface area (Å²) in [5.41, 5.74) is 5.90. The van der Waals surface area contributed by atoms with Crippen molar-refractivity contribution in [3.05, 3.63) is 33.9 Å². The minimum Gasteiger partial charge on any atom is -0.378 e. The Balaban J connectivity index is 3.06. The predicted molar refractivity (Wildman–Crippen MR) is 77.9 cm³/mol. The second kappa shape index (κ2) is 6.33. The molecule has 0 heterocycles. The molecule has 0 aliphatic heterocycles. The number of hydrogen-bond acceptors (Lipinski definition) is 5. The van der Waals surface area contributed by atoms with Crippen LogP contribution in [0.4, 0.5) is 11.4 Å². The van der Waals surface area contributed by atoms with Gasteiger partial charge in [0.15, 0.2) is 0 Å². The van der Waals surface area contributed by atoms with Gasteiger partial charge in [0.25, 0.3) is 11.6 Å². The van der Waals surface area contributed by atoms with Crippen LogP contribution in [0, 0.1) is 10.1 Å². The lowest BCUT2D eigenvalue weighted by atomic mass is 10.1. The SMILES string of the molecule is CCNC(=O)c1ccc([N+](=O)[O-])c(NCC(C)(C)N)c1. The van der Waals surface area contributed by atoms with E-state index >= 15 is 0 Å². The zero-order valence-electron chi connectivity index (χ0n) is 11.9. The van der Waals surface area contributed by atoms with Crippen molar-refractivity contribution in [2.24, 2.45) is 5.73 Å². The van der Waals surface area contributed by atoms with Gasteiger partial charge >= 0.3 is 0 Å². The number of nitrogens with one attached hydrogen (secondary N) is 2. The van der Waals surface area contributed by atoms with Crippen LogP contribution in [0.3, 0.4) is 0 Å². The molecule has 1 rings (SSSR count). The fourth-order valence-corrected chi connectivity index (χ4v) is 1.56. The summed E-state index contributed by atoms with van der Waals surface area (Å²) in [4.78, 5) is 22.2. The van der Waals surface area contributed by atoms with Crippen LogP contribution < -0.4 is 16.4 Å². The molecule has 0 atom stereocenters. The van der Waals surface area contributed by atoms with Gasteiger partial charge in [0.2, 0.25) is 0 Å². The summed E-state index contributed by atoms with van der Waals surface area (Å²) in [7, 11) is 0. The highest BCUT2D eigenvalue weighted by molar-refractivity contribution is 5.95. The van der Waals surface area contributed by atoms with Crippen molar-refractivity contribution >= 4 is 17.3 Å². The minimum atomic E-state index is -0.518. The van der Waals surface area contributed by atoms with Gasteiger partial charge in [0, 0.05) is 30.3 Å². The van der Waals surface area contributed by atoms with Crippen molar-refractivity contribution in [2.45, 2.75) is 26.3 Å². The van der Waals surface area contributed by atoms with Gasteiger partial charge in [0.1, 0.15) is 5.69 Å². The van der Waals surface area contributed by atoms with Crippen LogP contribution in [0.2, 0.25) is 0 Å². The van der Waals surface area contributed by atoms with Crippen LogP contribution in [0.1, 0.15) is 31.1 Å². The van der Waals surface area contributed by atoms with E-state index in [4.69, 9.17) is 5.73 Å². The fourth-order valence-electron chi connectivity index (χ4n) is 1.56. The quantitative estimate of drug-likeness (QED) is 0.540. The number of nitro benzene ring substituents is 1. The van der Waals surface area contributed by atoms with E-state index in [1.165, 1.54) is 18.2 Å².